The third kappa shape index (κ3) is 2.67. The second kappa shape index (κ2) is 5.66. The van der Waals surface area contributed by atoms with Gasteiger partial charge in [0.1, 0.15) is 11.6 Å². The molecule has 3 aromatic rings. The Hall–Kier alpha value is -2.20. The van der Waals surface area contributed by atoms with Crippen LogP contribution in [0.25, 0.3) is 10.8 Å². The van der Waals surface area contributed by atoms with Gasteiger partial charge in [-0.2, -0.15) is 0 Å². The molecule has 0 bridgehead atoms. The van der Waals surface area contributed by atoms with Crippen LogP contribution in [0.3, 0.4) is 0 Å². The van der Waals surface area contributed by atoms with Crippen molar-refractivity contribution in [3.63, 3.8) is 0 Å². The minimum absolute atomic E-state index is 0.0856. The molecule has 2 nitrogen and oxygen atoms in total. The lowest BCUT2D eigenvalue weighted by molar-refractivity contribution is 0.0729. The Labute approximate surface area is 129 Å². The van der Waals surface area contributed by atoms with Crippen LogP contribution < -0.4 is 4.74 Å². The van der Waals surface area contributed by atoms with E-state index in [2.05, 4.69) is 15.9 Å². The fourth-order valence-electron chi connectivity index (χ4n) is 2.07. The quantitative estimate of drug-likeness (QED) is 0.485. The third-order valence-corrected chi connectivity index (χ3v) is 3.94. The van der Waals surface area contributed by atoms with Gasteiger partial charge in [-0.3, -0.25) is 0 Å². The number of fused-ring (bicyclic) bond motifs is 1. The third-order valence-electron chi connectivity index (χ3n) is 3.12. The van der Waals surface area contributed by atoms with Crippen LogP contribution in [0, 0.1) is 5.82 Å². The SMILES string of the molecule is O=C(Oc1ccc2ccccc2c1Br)c1ccccc1F. The van der Waals surface area contributed by atoms with E-state index in [0.29, 0.717) is 10.2 Å². The van der Waals surface area contributed by atoms with Crippen LogP contribution in [0.4, 0.5) is 4.39 Å². The second-order valence-electron chi connectivity index (χ2n) is 4.47. The summed E-state index contributed by atoms with van der Waals surface area (Å²) >= 11 is 3.43. The molecule has 0 aliphatic heterocycles. The van der Waals surface area contributed by atoms with Gasteiger partial charge in [-0.15, -0.1) is 0 Å². The molecular formula is C17H10BrFO2. The van der Waals surface area contributed by atoms with E-state index in [-0.39, 0.29) is 5.56 Å². The van der Waals surface area contributed by atoms with Gasteiger partial charge in [0.05, 0.1) is 10.0 Å². The zero-order valence-electron chi connectivity index (χ0n) is 10.8. The van der Waals surface area contributed by atoms with E-state index in [1.54, 1.807) is 12.1 Å². The molecule has 104 valence electrons. The molecule has 0 N–H and O–H groups in total. The molecule has 0 atom stereocenters. The molecule has 0 fully saturated rings. The van der Waals surface area contributed by atoms with Gasteiger partial charge < -0.3 is 4.74 Å². The Bertz CT molecular complexity index is 830. The highest BCUT2D eigenvalue weighted by molar-refractivity contribution is 9.10. The molecule has 0 unspecified atom stereocenters. The van der Waals surface area contributed by atoms with Crippen LogP contribution in [0.1, 0.15) is 10.4 Å². The van der Waals surface area contributed by atoms with Crippen molar-refractivity contribution in [3.05, 3.63) is 76.5 Å². The average molecular weight is 345 g/mol. The predicted octanol–water partition coefficient (Wildman–Crippen LogP) is 4.96. The van der Waals surface area contributed by atoms with Gasteiger partial charge in [-0.1, -0.05) is 42.5 Å². The molecule has 0 aromatic heterocycles. The first kappa shape index (κ1) is 13.8. The van der Waals surface area contributed by atoms with Gasteiger partial charge in [0.25, 0.3) is 0 Å². The molecule has 21 heavy (non-hydrogen) atoms. The van der Waals surface area contributed by atoms with Crippen LogP contribution in [0.5, 0.6) is 5.75 Å². The molecule has 0 aliphatic carbocycles. The molecule has 3 rings (SSSR count). The summed E-state index contributed by atoms with van der Waals surface area (Å²) in [4.78, 5) is 12.0. The number of hydrogen-bond donors (Lipinski definition) is 0. The first-order chi connectivity index (χ1) is 10.2. The summed E-state index contributed by atoms with van der Waals surface area (Å²) in [6.07, 6.45) is 0. The number of hydrogen-bond acceptors (Lipinski definition) is 2. The fraction of sp³-hybridized carbons (Fsp3) is 0. The molecule has 0 saturated carbocycles. The Morgan fingerprint density at radius 1 is 0.952 bits per heavy atom. The molecule has 4 heteroatoms. The maximum Gasteiger partial charge on any atom is 0.346 e. The summed E-state index contributed by atoms with van der Waals surface area (Å²) in [6.45, 7) is 0. The first-order valence-corrected chi connectivity index (χ1v) is 7.10. The fourth-order valence-corrected chi connectivity index (χ4v) is 2.65. The molecule has 0 aliphatic rings. The molecule has 0 amide bonds. The van der Waals surface area contributed by atoms with Gasteiger partial charge in [0.2, 0.25) is 0 Å². The minimum Gasteiger partial charge on any atom is -0.422 e. The number of ether oxygens (including phenoxy) is 1. The molecule has 3 aromatic carbocycles. The lowest BCUT2D eigenvalue weighted by Gasteiger charge is -2.09. The molecule has 0 radical (unpaired) electrons. The number of esters is 1. The zero-order valence-corrected chi connectivity index (χ0v) is 12.4. The number of benzene rings is 3. The van der Waals surface area contributed by atoms with Crippen molar-refractivity contribution in [1.82, 2.24) is 0 Å². The van der Waals surface area contributed by atoms with E-state index >= 15 is 0 Å². The highest BCUT2D eigenvalue weighted by atomic mass is 79.9. The molecule has 0 saturated heterocycles. The maximum atomic E-state index is 13.6. The normalized spacial score (nSPS) is 10.6. The van der Waals surface area contributed by atoms with Crippen molar-refractivity contribution in [3.8, 4) is 5.75 Å². The van der Waals surface area contributed by atoms with Gasteiger partial charge in [-0.05, 0) is 44.9 Å². The lowest BCUT2D eigenvalue weighted by Crippen LogP contribution is -2.10. The van der Waals surface area contributed by atoms with Crippen molar-refractivity contribution in [2.24, 2.45) is 0 Å². The Kier molecular flexibility index (Phi) is 3.71. The maximum absolute atomic E-state index is 13.6. The Balaban J connectivity index is 1.97. The van der Waals surface area contributed by atoms with Gasteiger partial charge in [-0.25, -0.2) is 9.18 Å². The summed E-state index contributed by atoms with van der Waals surface area (Å²) in [7, 11) is 0. The summed E-state index contributed by atoms with van der Waals surface area (Å²) in [6, 6.07) is 17.0. The number of carbonyl (C=O) groups is 1. The second-order valence-corrected chi connectivity index (χ2v) is 5.26. The smallest absolute Gasteiger partial charge is 0.346 e. The van der Waals surface area contributed by atoms with Crippen molar-refractivity contribution in [1.29, 1.82) is 0 Å². The Morgan fingerprint density at radius 2 is 1.67 bits per heavy atom. The summed E-state index contributed by atoms with van der Waals surface area (Å²) in [5.41, 5.74) is -0.0856. The van der Waals surface area contributed by atoms with E-state index in [1.807, 2.05) is 30.3 Å². The highest BCUT2D eigenvalue weighted by Gasteiger charge is 2.15. The van der Waals surface area contributed by atoms with E-state index in [0.717, 1.165) is 10.8 Å². The summed E-state index contributed by atoms with van der Waals surface area (Å²) in [5.74, 6) is -0.953. The predicted molar refractivity (Wildman–Crippen MR) is 83.0 cm³/mol. The van der Waals surface area contributed by atoms with Gasteiger partial charge >= 0.3 is 5.97 Å². The number of halogens is 2. The average Bonchev–Trinajstić information content (AvgIpc) is 2.51. The minimum atomic E-state index is -0.718. The van der Waals surface area contributed by atoms with Crippen molar-refractivity contribution < 1.29 is 13.9 Å². The lowest BCUT2D eigenvalue weighted by atomic mass is 10.1. The number of rotatable bonds is 2. The van der Waals surface area contributed by atoms with E-state index in [1.165, 1.54) is 18.2 Å². The molecular weight excluding hydrogens is 335 g/mol. The van der Waals surface area contributed by atoms with Crippen LogP contribution >= 0.6 is 15.9 Å². The summed E-state index contributed by atoms with van der Waals surface area (Å²) in [5, 5.41) is 1.95. The largest absolute Gasteiger partial charge is 0.422 e. The molecule has 0 heterocycles. The molecule has 0 spiro atoms. The van der Waals surface area contributed by atoms with Crippen LogP contribution in [-0.4, -0.2) is 5.97 Å². The topological polar surface area (TPSA) is 26.3 Å². The van der Waals surface area contributed by atoms with Gasteiger partial charge in [0.15, 0.2) is 0 Å². The van der Waals surface area contributed by atoms with Crippen molar-refractivity contribution in [2.45, 2.75) is 0 Å². The van der Waals surface area contributed by atoms with E-state index < -0.39 is 11.8 Å². The van der Waals surface area contributed by atoms with E-state index in [9.17, 15) is 9.18 Å². The standard InChI is InChI=1S/C17H10BrFO2/c18-16-12-6-2-1-5-11(12)9-10-15(16)21-17(20)13-7-3-4-8-14(13)19/h1-10H. The monoisotopic (exact) mass is 344 g/mol. The van der Waals surface area contributed by atoms with Crippen LogP contribution in [-0.2, 0) is 0 Å². The van der Waals surface area contributed by atoms with E-state index in [4.69, 9.17) is 4.74 Å². The zero-order chi connectivity index (χ0) is 14.8. The van der Waals surface area contributed by atoms with Crippen LogP contribution in [0.2, 0.25) is 0 Å². The van der Waals surface area contributed by atoms with Crippen molar-refractivity contribution >= 4 is 32.7 Å². The highest BCUT2D eigenvalue weighted by Crippen LogP contribution is 2.33. The summed E-state index contributed by atoms with van der Waals surface area (Å²) < 4.78 is 19.5. The number of carbonyl (C=O) groups excluding carboxylic acids is 1. The van der Waals surface area contributed by atoms with Gasteiger partial charge in [0, 0.05) is 0 Å². The van der Waals surface area contributed by atoms with Crippen LogP contribution in [0.15, 0.2) is 65.1 Å². The first-order valence-electron chi connectivity index (χ1n) is 6.31. The Morgan fingerprint density at radius 3 is 2.48 bits per heavy atom. The van der Waals surface area contributed by atoms with Crippen molar-refractivity contribution in [2.75, 3.05) is 0 Å².